The first-order valence-corrected chi connectivity index (χ1v) is 16.6. The van der Waals surface area contributed by atoms with Crippen LogP contribution in [0.15, 0.2) is 192 Å². The predicted molar refractivity (Wildman–Crippen MR) is 207 cm³/mol. The molecule has 8 rings (SSSR count). The van der Waals surface area contributed by atoms with Crippen molar-refractivity contribution in [2.45, 2.75) is 6.92 Å². The topological polar surface area (TPSA) is 63.0 Å². The van der Waals surface area contributed by atoms with Crippen molar-refractivity contribution in [2.24, 2.45) is 0 Å². The molecule has 0 amide bonds. The number of anilines is 4. The van der Waals surface area contributed by atoms with Crippen LogP contribution in [0.25, 0.3) is 45.2 Å². The second-order valence-electron chi connectivity index (χ2n) is 11.9. The van der Waals surface area contributed by atoms with Gasteiger partial charge in [0.1, 0.15) is 0 Å². The lowest BCUT2D eigenvalue weighted by atomic mass is 10.0. The molecule has 0 aliphatic rings. The summed E-state index contributed by atoms with van der Waals surface area (Å²) in [6.45, 7) is 2.05. The van der Waals surface area contributed by atoms with Gasteiger partial charge in [-0.2, -0.15) is 0 Å². The summed E-state index contributed by atoms with van der Waals surface area (Å²) in [6, 6.07) is 63.9. The van der Waals surface area contributed by atoms with Crippen molar-refractivity contribution in [3.05, 3.63) is 194 Å². The number of aromatic nitrogens is 2. The maximum absolute atomic E-state index is 5.82. The van der Waals surface area contributed by atoms with E-state index in [0.29, 0.717) is 11.8 Å². The van der Waals surface area contributed by atoms with Crippen LogP contribution in [0.2, 0.25) is 0 Å². The summed E-state index contributed by atoms with van der Waals surface area (Å²) in [7, 11) is 0. The third kappa shape index (κ3) is 8.22. The van der Waals surface area contributed by atoms with Gasteiger partial charge in [0.05, 0.1) is 0 Å². The highest BCUT2D eigenvalue weighted by Crippen LogP contribution is 2.28. The molecule has 5 nitrogen and oxygen atoms in total. The summed E-state index contributed by atoms with van der Waals surface area (Å²) in [4.78, 5) is 0. The molecule has 7 aromatic carbocycles. The third-order valence-electron chi connectivity index (χ3n) is 8.19. The van der Waals surface area contributed by atoms with Crippen LogP contribution in [0, 0.1) is 6.92 Å². The quantitative estimate of drug-likeness (QED) is 0.172. The average Bonchev–Trinajstić information content (AvgIpc) is 3.68. The van der Waals surface area contributed by atoms with Gasteiger partial charge in [-0.05, 0) is 102 Å². The Kier molecular flexibility index (Phi) is 9.85. The fraction of sp³-hybridized carbons (Fsp3) is 0.0222. The van der Waals surface area contributed by atoms with Crippen LogP contribution >= 0.6 is 0 Å². The highest BCUT2D eigenvalue weighted by atomic mass is 16.4. The molecular formula is C45H36N4O. The highest BCUT2D eigenvalue weighted by molar-refractivity contribution is 5.71. The van der Waals surface area contributed by atoms with Crippen molar-refractivity contribution in [1.82, 2.24) is 10.2 Å². The van der Waals surface area contributed by atoms with Crippen molar-refractivity contribution in [3.8, 4) is 45.2 Å². The number of rotatable bonds is 8. The van der Waals surface area contributed by atoms with Crippen molar-refractivity contribution in [1.29, 1.82) is 0 Å². The van der Waals surface area contributed by atoms with Crippen LogP contribution in [0.1, 0.15) is 5.56 Å². The van der Waals surface area contributed by atoms with Crippen LogP contribution in [0.4, 0.5) is 22.7 Å². The number of nitrogens with zero attached hydrogens (tertiary/aromatic N) is 2. The lowest BCUT2D eigenvalue weighted by Gasteiger charge is -2.09. The average molecular weight is 649 g/mol. The minimum absolute atomic E-state index is 0.533. The molecule has 2 N–H and O–H groups in total. The lowest BCUT2D eigenvalue weighted by molar-refractivity contribution is 0.584. The Bertz CT molecular complexity index is 2130. The van der Waals surface area contributed by atoms with Gasteiger partial charge in [-0.3, -0.25) is 0 Å². The van der Waals surface area contributed by atoms with Crippen molar-refractivity contribution < 1.29 is 4.42 Å². The van der Waals surface area contributed by atoms with Gasteiger partial charge < -0.3 is 15.1 Å². The fourth-order valence-electron chi connectivity index (χ4n) is 5.46. The zero-order chi connectivity index (χ0) is 34.0. The molecule has 0 unspecified atom stereocenters. The van der Waals surface area contributed by atoms with Crippen LogP contribution in [0.5, 0.6) is 0 Å². The second kappa shape index (κ2) is 15.5. The molecule has 1 heterocycles. The predicted octanol–water partition coefficient (Wildman–Crippen LogP) is 12.2. The molecule has 0 aliphatic heterocycles. The van der Waals surface area contributed by atoms with E-state index in [1.54, 1.807) is 0 Å². The lowest BCUT2D eigenvalue weighted by Crippen LogP contribution is -1.90. The van der Waals surface area contributed by atoms with E-state index in [9.17, 15) is 0 Å². The van der Waals surface area contributed by atoms with E-state index < -0.39 is 0 Å². The van der Waals surface area contributed by atoms with Crippen molar-refractivity contribution in [3.63, 3.8) is 0 Å². The molecule has 0 radical (unpaired) electrons. The van der Waals surface area contributed by atoms with Crippen molar-refractivity contribution >= 4 is 22.7 Å². The molecule has 0 saturated heterocycles. The van der Waals surface area contributed by atoms with Gasteiger partial charge in [-0.25, -0.2) is 0 Å². The van der Waals surface area contributed by atoms with E-state index in [4.69, 9.17) is 4.42 Å². The van der Waals surface area contributed by atoms with E-state index in [1.165, 1.54) is 22.3 Å². The summed E-state index contributed by atoms with van der Waals surface area (Å²) in [5.74, 6) is 1.07. The summed E-state index contributed by atoms with van der Waals surface area (Å²) in [5.41, 5.74) is 12.2. The van der Waals surface area contributed by atoms with E-state index in [-0.39, 0.29) is 0 Å². The first kappa shape index (κ1) is 31.9. The third-order valence-corrected chi connectivity index (χ3v) is 8.19. The SMILES string of the molecule is Cc1ccc(-c2nnc(-c3ccc(-c4ccccc4)cc3)o2)cc1.c1ccc(Nc2ccc(-c3ccc(Nc4ccccc4)cc3)cc2)cc1. The smallest absolute Gasteiger partial charge is 0.248 e. The molecule has 242 valence electrons. The van der Waals surface area contributed by atoms with E-state index >= 15 is 0 Å². The number of nitrogens with one attached hydrogen (secondary N) is 2. The maximum atomic E-state index is 5.82. The van der Waals surface area contributed by atoms with Gasteiger partial charge in [0, 0.05) is 33.9 Å². The van der Waals surface area contributed by atoms with Crippen LogP contribution in [-0.4, -0.2) is 10.2 Å². The van der Waals surface area contributed by atoms with Gasteiger partial charge in [0.15, 0.2) is 0 Å². The molecule has 0 aliphatic carbocycles. The number of hydrogen-bond acceptors (Lipinski definition) is 5. The molecule has 50 heavy (non-hydrogen) atoms. The Morgan fingerprint density at radius 3 is 1.04 bits per heavy atom. The normalized spacial score (nSPS) is 10.5. The van der Waals surface area contributed by atoms with Crippen molar-refractivity contribution in [2.75, 3.05) is 10.6 Å². The van der Waals surface area contributed by atoms with E-state index in [2.05, 4.69) is 125 Å². The second-order valence-corrected chi connectivity index (χ2v) is 11.9. The largest absolute Gasteiger partial charge is 0.416 e. The van der Waals surface area contributed by atoms with Crippen LogP contribution in [-0.2, 0) is 0 Å². The highest BCUT2D eigenvalue weighted by Gasteiger charge is 2.10. The van der Waals surface area contributed by atoms with Crippen LogP contribution in [0.3, 0.4) is 0 Å². The summed E-state index contributed by atoms with van der Waals surface area (Å²) in [5, 5.41) is 15.1. The van der Waals surface area contributed by atoms with Gasteiger partial charge >= 0.3 is 0 Å². The minimum Gasteiger partial charge on any atom is -0.416 e. The van der Waals surface area contributed by atoms with Gasteiger partial charge in [-0.1, -0.05) is 121 Å². The molecule has 8 aromatic rings. The fourth-order valence-corrected chi connectivity index (χ4v) is 5.46. The Hall–Kier alpha value is -6.72. The van der Waals surface area contributed by atoms with Gasteiger partial charge in [-0.15, -0.1) is 10.2 Å². The van der Waals surface area contributed by atoms with E-state index in [1.807, 2.05) is 91.0 Å². The Morgan fingerprint density at radius 2 is 0.620 bits per heavy atom. The molecule has 0 atom stereocenters. The first-order valence-electron chi connectivity index (χ1n) is 16.6. The Labute approximate surface area is 293 Å². The summed E-state index contributed by atoms with van der Waals surface area (Å²) < 4.78 is 5.82. The van der Waals surface area contributed by atoms with E-state index in [0.717, 1.165) is 39.4 Å². The Morgan fingerprint density at radius 1 is 0.320 bits per heavy atom. The Balaban J connectivity index is 0.000000157. The molecule has 0 spiro atoms. The number of para-hydroxylation sites is 2. The molecule has 0 saturated carbocycles. The van der Waals surface area contributed by atoms with Crippen LogP contribution < -0.4 is 10.6 Å². The van der Waals surface area contributed by atoms with Gasteiger partial charge in [0.25, 0.3) is 0 Å². The monoisotopic (exact) mass is 648 g/mol. The molecular weight excluding hydrogens is 613 g/mol. The number of benzene rings is 7. The molecule has 5 heteroatoms. The molecule has 0 fully saturated rings. The number of aryl methyl sites for hydroxylation is 1. The zero-order valence-corrected chi connectivity index (χ0v) is 27.7. The molecule has 1 aromatic heterocycles. The summed E-state index contributed by atoms with van der Waals surface area (Å²) in [6.07, 6.45) is 0. The first-order chi connectivity index (χ1) is 24.7. The number of hydrogen-bond donors (Lipinski definition) is 2. The molecule has 0 bridgehead atoms. The van der Waals surface area contributed by atoms with Gasteiger partial charge in [0.2, 0.25) is 11.8 Å². The minimum atomic E-state index is 0.533. The maximum Gasteiger partial charge on any atom is 0.248 e. The zero-order valence-electron chi connectivity index (χ0n) is 27.7. The standard InChI is InChI=1S/C24H20N2.C21H16N2O/c1-3-7-21(8-4-1)25-23-15-11-19(12-16-23)20-13-17-24(18-14-20)26-22-9-5-2-6-10-22;1-15-7-9-18(10-8-15)20-22-23-21(24-20)19-13-11-17(12-14-19)16-5-3-2-4-6-16/h1-18,25-26H;2-14H,1H3. The summed E-state index contributed by atoms with van der Waals surface area (Å²) >= 11 is 0.